The molecule has 0 bridgehead atoms. The molecular formula is C20H22F2N2O2. The third kappa shape index (κ3) is 4.65. The molecule has 2 aromatic carbocycles. The Balaban J connectivity index is 2.14. The highest BCUT2D eigenvalue weighted by molar-refractivity contribution is 5.92. The molecule has 26 heavy (non-hydrogen) atoms. The molecule has 4 nitrogen and oxygen atoms in total. The van der Waals surface area contributed by atoms with E-state index in [0.717, 1.165) is 35.5 Å². The molecule has 0 aliphatic rings. The third-order valence-corrected chi connectivity index (χ3v) is 4.25. The summed E-state index contributed by atoms with van der Waals surface area (Å²) in [5, 5.41) is 0. The highest BCUT2D eigenvalue weighted by atomic mass is 19.1. The highest BCUT2D eigenvalue weighted by Gasteiger charge is 2.15. The zero-order chi connectivity index (χ0) is 19.3. The summed E-state index contributed by atoms with van der Waals surface area (Å²) in [5.41, 5.74) is 2.91. The number of benzene rings is 2. The van der Waals surface area contributed by atoms with Crippen LogP contribution in [0.1, 0.15) is 34.0 Å². The molecule has 0 unspecified atom stereocenters. The fourth-order valence-electron chi connectivity index (χ4n) is 2.27. The zero-order valence-electron chi connectivity index (χ0n) is 15.3. The minimum Gasteiger partial charge on any atom is -0.457 e. The number of carbonyl (C=O) groups excluding carboxylic acids is 1. The van der Waals surface area contributed by atoms with Crippen molar-refractivity contribution in [3.63, 3.8) is 0 Å². The number of aliphatic imine (C=N–C) groups is 1. The first-order chi connectivity index (χ1) is 12.3. The summed E-state index contributed by atoms with van der Waals surface area (Å²) in [7, 11) is 1.92. The second-order valence-corrected chi connectivity index (χ2v) is 6.01. The number of halogens is 2. The van der Waals surface area contributed by atoms with E-state index in [9.17, 15) is 13.6 Å². The van der Waals surface area contributed by atoms with E-state index in [-0.39, 0.29) is 12.2 Å². The number of ether oxygens (including phenoxy) is 1. The topological polar surface area (TPSA) is 41.9 Å². The van der Waals surface area contributed by atoms with Gasteiger partial charge in [-0.25, -0.2) is 18.6 Å². The van der Waals surface area contributed by atoms with Crippen LogP contribution in [0.3, 0.4) is 0 Å². The minimum absolute atomic E-state index is 0.123. The Hall–Kier alpha value is -2.76. The molecule has 0 atom stereocenters. The molecule has 0 N–H and O–H groups in total. The van der Waals surface area contributed by atoms with Gasteiger partial charge in [-0.3, -0.25) is 0 Å². The van der Waals surface area contributed by atoms with E-state index in [1.807, 2.05) is 32.7 Å². The molecular weight excluding hydrogens is 338 g/mol. The molecule has 138 valence electrons. The van der Waals surface area contributed by atoms with Crippen LogP contribution in [0.5, 0.6) is 0 Å². The largest absolute Gasteiger partial charge is 0.457 e. The van der Waals surface area contributed by atoms with Gasteiger partial charge in [0, 0.05) is 25.2 Å². The average Bonchev–Trinajstić information content (AvgIpc) is 2.61. The molecule has 0 heterocycles. The molecule has 0 saturated heterocycles. The summed E-state index contributed by atoms with van der Waals surface area (Å²) in [4.78, 5) is 18.7. The first kappa shape index (κ1) is 19.6. The summed E-state index contributed by atoms with van der Waals surface area (Å²) in [6, 6.07) is 6.54. The normalized spacial score (nSPS) is 11.0. The maximum absolute atomic E-state index is 13.6. The number of carbonyl (C=O) groups is 1. The van der Waals surface area contributed by atoms with Crippen LogP contribution in [0, 0.1) is 25.5 Å². The van der Waals surface area contributed by atoms with Gasteiger partial charge in [0.05, 0.1) is 17.6 Å². The molecule has 0 spiro atoms. The fraction of sp³-hybridized carbons (Fsp3) is 0.300. The van der Waals surface area contributed by atoms with Crippen LogP contribution in [-0.2, 0) is 11.3 Å². The van der Waals surface area contributed by atoms with Gasteiger partial charge in [0.15, 0.2) is 0 Å². The standard InChI is InChI=1S/C20H22F2N2O2/c1-5-24(4)12-23-19-9-8-17(13(2)14(19)3)20(25)26-11-15-6-7-16(21)10-18(15)22/h6-10,12H,5,11H2,1-4H3/b23-12+. The number of esters is 1. The predicted octanol–water partition coefficient (Wildman–Crippen LogP) is 4.55. The zero-order valence-corrected chi connectivity index (χ0v) is 15.3. The van der Waals surface area contributed by atoms with E-state index in [1.54, 1.807) is 18.5 Å². The Kier molecular flexibility index (Phi) is 6.44. The maximum Gasteiger partial charge on any atom is 0.338 e. The summed E-state index contributed by atoms with van der Waals surface area (Å²) in [6.45, 7) is 6.29. The van der Waals surface area contributed by atoms with Gasteiger partial charge in [0.25, 0.3) is 0 Å². The van der Waals surface area contributed by atoms with Crippen molar-refractivity contribution in [1.29, 1.82) is 0 Å². The second kappa shape index (κ2) is 8.56. The van der Waals surface area contributed by atoms with Gasteiger partial charge in [-0.1, -0.05) is 0 Å². The number of hydrogen-bond acceptors (Lipinski definition) is 3. The lowest BCUT2D eigenvalue weighted by atomic mass is 10.0. The monoisotopic (exact) mass is 360 g/mol. The summed E-state index contributed by atoms with van der Waals surface area (Å²) >= 11 is 0. The summed E-state index contributed by atoms with van der Waals surface area (Å²) in [6.07, 6.45) is 1.73. The molecule has 0 fully saturated rings. The molecule has 2 aromatic rings. The Bertz CT molecular complexity index is 835. The lowest BCUT2D eigenvalue weighted by Gasteiger charge is -2.13. The van der Waals surface area contributed by atoms with E-state index >= 15 is 0 Å². The Morgan fingerprint density at radius 2 is 1.92 bits per heavy atom. The van der Waals surface area contributed by atoms with Crippen molar-refractivity contribution >= 4 is 18.0 Å². The third-order valence-electron chi connectivity index (χ3n) is 4.25. The second-order valence-electron chi connectivity index (χ2n) is 6.01. The molecule has 2 rings (SSSR count). The Labute approximate surface area is 152 Å². The molecule has 0 aromatic heterocycles. The van der Waals surface area contributed by atoms with Gasteiger partial charge in [0.1, 0.15) is 18.2 Å². The smallest absolute Gasteiger partial charge is 0.338 e. The highest BCUT2D eigenvalue weighted by Crippen LogP contribution is 2.25. The lowest BCUT2D eigenvalue weighted by molar-refractivity contribution is 0.0468. The van der Waals surface area contributed by atoms with Crippen molar-refractivity contribution in [2.45, 2.75) is 27.4 Å². The summed E-state index contributed by atoms with van der Waals surface area (Å²) < 4.78 is 31.7. The van der Waals surface area contributed by atoms with Gasteiger partial charge in [0.2, 0.25) is 0 Å². The molecule has 0 aliphatic heterocycles. The van der Waals surface area contributed by atoms with Crippen LogP contribution in [0.2, 0.25) is 0 Å². The molecule has 0 radical (unpaired) electrons. The molecule has 0 saturated carbocycles. The lowest BCUT2D eigenvalue weighted by Crippen LogP contribution is -2.14. The van der Waals surface area contributed by atoms with E-state index in [2.05, 4.69) is 4.99 Å². The number of rotatable bonds is 6. The van der Waals surface area contributed by atoms with Crippen molar-refractivity contribution in [3.05, 3.63) is 64.2 Å². The van der Waals surface area contributed by atoms with Gasteiger partial charge in [-0.15, -0.1) is 0 Å². The van der Waals surface area contributed by atoms with Crippen LogP contribution < -0.4 is 0 Å². The van der Waals surface area contributed by atoms with Crippen LogP contribution in [0.15, 0.2) is 35.3 Å². The number of nitrogens with zero attached hydrogens (tertiary/aromatic N) is 2. The molecule has 0 amide bonds. The van der Waals surface area contributed by atoms with Crippen LogP contribution in [-0.4, -0.2) is 30.8 Å². The van der Waals surface area contributed by atoms with Crippen LogP contribution >= 0.6 is 0 Å². The van der Waals surface area contributed by atoms with Crippen molar-refractivity contribution in [2.24, 2.45) is 4.99 Å². The Morgan fingerprint density at radius 1 is 1.19 bits per heavy atom. The Morgan fingerprint density at radius 3 is 2.58 bits per heavy atom. The van der Waals surface area contributed by atoms with E-state index < -0.39 is 17.6 Å². The van der Waals surface area contributed by atoms with Gasteiger partial charge in [-0.05, 0) is 56.2 Å². The van der Waals surface area contributed by atoms with Crippen LogP contribution in [0.4, 0.5) is 14.5 Å². The SMILES string of the molecule is CCN(C)/C=N/c1ccc(C(=O)OCc2ccc(F)cc2F)c(C)c1C. The van der Waals surface area contributed by atoms with Crippen molar-refractivity contribution < 1.29 is 18.3 Å². The van der Waals surface area contributed by atoms with Gasteiger partial charge in [-0.2, -0.15) is 0 Å². The van der Waals surface area contributed by atoms with E-state index in [0.29, 0.717) is 5.56 Å². The van der Waals surface area contributed by atoms with Crippen LogP contribution in [0.25, 0.3) is 0 Å². The van der Waals surface area contributed by atoms with E-state index in [1.165, 1.54) is 6.07 Å². The maximum atomic E-state index is 13.6. The van der Waals surface area contributed by atoms with Crippen molar-refractivity contribution in [2.75, 3.05) is 13.6 Å². The average molecular weight is 360 g/mol. The van der Waals surface area contributed by atoms with Crippen molar-refractivity contribution in [3.8, 4) is 0 Å². The van der Waals surface area contributed by atoms with E-state index in [4.69, 9.17) is 4.74 Å². The first-order valence-corrected chi connectivity index (χ1v) is 8.29. The number of hydrogen-bond donors (Lipinski definition) is 0. The van der Waals surface area contributed by atoms with Crippen molar-refractivity contribution in [1.82, 2.24) is 4.90 Å². The van der Waals surface area contributed by atoms with Gasteiger partial charge >= 0.3 is 5.97 Å². The quantitative estimate of drug-likeness (QED) is 0.431. The minimum atomic E-state index is -0.740. The molecule has 0 aliphatic carbocycles. The summed E-state index contributed by atoms with van der Waals surface area (Å²) in [5.74, 6) is -1.97. The first-order valence-electron chi connectivity index (χ1n) is 8.29. The van der Waals surface area contributed by atoms with Gasteiger partial charge < -0.3 is 9.64 Å². The fourth-order valence-corrected chi connectivity index (χ4v) is 2.27. The molecule has 6 heteroatoms. The predicted molar refractivity (Wildman–Crippen MR) is 97.8 cm³/mol.